The molecule has 0 saturated carbocycles. The highest BCUT2D eigenvalue weighted by molar-refractivity contribution is 7.99. The molecule has 0 spiro atoms. The summed E-state index contributed by atoms with van der Waals surface area (Å²) in [4.78, 5) is 8.15. The lowest BCUT2D eigenvalue weighted by molar-refractivity contribution is 0.198. The zero-order chi connectivity index (χ0) is 10.7. The van der Waals surface area contributed by atoms with E-state index >= 15 is 0 Å². The van der Waals surface area contributed by atoms with Crippen molar-refractivity contribution in [3.8, 4) is 0 Å². The molecule has 0 radical (unpaired) electrons. The Morgan fingerprint density at radius 1 is 1.40 bits per heavy atom. The predicted octanol–water partition coefficient (Wildman–Crippen LogP) is 2.27. The maximum Gasteiger partial charge on any atom is 0.261 e. The van der Waals surface area contributed by atoms with Crippen LogP contribution in [0.1, 0.15) is 18.6 Å². The lowest BCUT2D eigenvalue weighted by atomic mass is 10.2. The number of aromatic nitrogens is 2. The monoisotopic (exact) mass is 222 g/mol. The molecule has 1 unspecified atom stereocenters. The average Bonchev–Trinajstić information content (AvgIpc) is 2.71. The van der Waals surface area contributed by atoms with Gasteiger partial charge in [0.1, 0.15) is 11.3 Å². The van der Waals surface area contributed by atoms with E-state index in [0.29, 0.717) is 5.22 Å². The SMILES string of the molecule is CC(O)c1ccc(Sc2ncco2)nc1. The van der Waals surface area contributed by atoms with Gasteiger partial charge in [-0.15, -0.1) is 0 Å². The highest BCUT2D eigenvalue weighted by Crippen LogP contribution is 2.24. The number of aliphatic hydroxyl groups excluding tert-OH is 1. The van der Waals surface area contributed by atoms with Crippen molar-refractivity contribution in [3.63, 3.8) is 0 Å². The van der Waals surface area contributed by atoms with E-state index in [4.69, 9.17) is 4.42 Å². The van der Waals surface area contributed by atoms with Gasteiger partial charge in [0.25, 0.3) is 5.22 Å². The summed E-state index contributed by atoms with van der Waals surface area (Å²) in [5.41, 5.74) is 0.798. The van der Waals surface area contributed by atoms with Crippen molar-refractivity contribution < 1.29 is 9.52 Å². The third kappa shape index (κ3) is 2.57. The van der Waals surface area contributed by atoms with Crippen molar-refractivity contribution in [2.24, 2.45) is 0 Å². The van der Waals surface area contributed by atoms with Crippen LogP contribution in [0.5, 0.6) is 0 Å². The van der Waals surface area contributed by atoms with Crippen molar-refractivity contribution in [1.82, 2.24) is 9.97 Å². The lowest BCUT2D eigenvalue weighted by Crippen LogP contribution is -1.91. The first-order valence-electron chi connectivity index (χ1n) is 4.47. The average molecular weight is 222 g/mol. The summed E-state index contributed by atoms with van der Waals surface area (Å²) in [6.07, 6.45) is 4.27. The van der Waals surface area contributed by atoms with Crippen LogP contribution in [0.4, 0.5) is 0 Å². The van der Waals surface area contributed by atoms with E-state index in [1.165, 1.54) is 18.0 Å². The van der Waals surface area contributed by atoms with Gasteiger partial charge in [-0.2, -0.15) is 0 Å². The van der Waals surface area contributed by atoms with E-state index in [-0.39, 0.29) is 0 Å². The second kappa shape index (κ2) is 4.46. The Hall–Kier alpha value is -1.33. The fourth-order valence-corrected chi connectivity index (χ4v) is 1.69. The minimum atomic E-state index is -0.488. The number of pyridine rings is 1. The Morgan fingerprint density at radius 2 is 2.27 bits per heavy atom. The molecule has 0 amide bonds. The van der Waals surface area contributed by atoms with Crippen molar-refractivity contribution in [3.05, 3.63) is 36.4 Å². The zero-order valence-corrected chi connectivity index (χ0v) is 8.94. The van der Waals surface area contributed by atoms with Crippen molar-refractivity contribution in [1.29, 1.82) is 0 Å². The summed E-state index contributed by atoms with van der Waals surface area (Å²) < 4.78 is 5.08. The van der Waals surface area contributed by atoms with Gasteiger partial charge in [0.15, 0.2) is 0 Å². The highest BCUT2D eigenvalue weighted by atomic mass is 32.2. The van der Waals surface area contributed by atoms with Crippen LogP contribution in [0.3, 0.4) is 0 Å². The molecule has 2 heterocycles. The number of aliphatic hydroxyl groups is 1. The third-order valence-electron chi connectivity index (χ3n) is 1.84. The van der Waals surface area contributed by atoms with Gasteiger partial charge < -0.3 is 9.52 Å². The van der Waals surface area contributed by atoms with E-state index < -0.39 is 6.10 Å². The summed E-state index contributed by atoms with van der Waals surface area (Å²) in [5.74, 6) is 0. The Labute approximate surface area is 91.4 Å². The maximum absolute atomic E-state index is 9.29. The van der Waals surface area contributed by atoms with Crippen LogP contribution in [0.2, 0.25) is 0 Å². The first-order valence-corrected chi connectivity index (χ1v) is 5.29. The van der Waals surface area contributed by atoms with Crippen molar-refractivity contribution in [2.75, 3.05) is 0 Å². The molecule has 0 aliphatic heterocycles. The van der Waals surface area contributed by atoms with Gasteiger partial charge in [-0.3, -0.25) is 0 Å². The second-order valence-electron chi connectivity index (χ2n) is 3.01. The van der Waals surface area contributed by atoms with Crippen LogP contribution in [-0.4, -0.2) is 15.1 Å². The molecule has 1 atom stereocenters. The molecule has 4 nitrogen and oxygen atoms in total. The predicted molar refractivity (Wildman–Crippen MR) is 55.5 cm³/mol. The molecule has 15 heavy (non-hydrogen) atoms. The summed E-state index contributed by atoms with van der Waals surface area (Å²) in [7, 11) is 0. The molecule has 78 valence electrons. The van der Waals surface area contributed by atoms with Crippen LogP contribution >= 0.6 is 11.8 Å². The minimum Gasteiger partial charge on any atom is -0.440 e. The van der Waals surface area contributed by atoms with Gasteiger partial charge >= 0.3 is 0 Å². The van der Waals surface area contributed by atoms with Gasteiger partial charge in [-0.1, -0.05) is 6.07 Å². The Balaban J connectivity index is 2.11. The van der Waals surface area contributed by atoms with E-state index in [0.717, 1.165) is 10.6 Å². The third-order valence-corrected chi connectivity index (χ3v) is 2.67. The van der Waals surface area contributed by atoms with Gasteiger partial charge in [0, 0.05) is 6.20 Å². The molecular formula is C10H10N2O2S. The minimum absolute atomic E-state index is 0.488. The standard InChI is InChI=1S/C10H10N2O2S/c1-7(13)8-2-3-9(12-6-8)15-10-11-4-5-14-10/h2-7,13H,1H3. The van der Waals surface area contributed by atoms with E-state index in [1.807, 2.05) is 12.1 Å². The summed E-state index contributed by atoms with van der Waals surface area (Å²) >= 11 is 1.34. The van der Waals surface area contributed by atoms with Gasteiger partial charge in [-0.05, 0) is 30.3 Å². The Kier molecular flexibility index (Phi) is 3.03. The Morgan fingerprint density at radius 3 is 2.80 bits per heavy atom. The number of oxazole rings is 1. The maximum atomic E-state index is 9.29. The molecule has 0 saturated heterocycles. The van der Waals surface area contributed by atoms with E-state index in [9.17, 15) is 5.11 Å². The van der Waals surface area contributed by atoms with Gasteiger partial charge in [0.05, 0.1) is 12.3 Å². The molecule has 0 bridgehead atoms. The second-order valence-corrected chi connectivity index (χ2v) is 3.98. The summed E-state index contributed by atoms with van der Waals surface area (Å²) in [6, 6.07) is 3.67. The van der Waals surface area contributed by atoms with E-state index in [1.54, 1.807) is 19.3 Å². The van der Waals surface area contributed by atoms with Crippen LogP contribution in [0, 0.1) is 0 Å². The summed E-state index contributed by atoms with van der Waals surface area (Å²) in [6.45, 7) is 1.71. The Bertz CT molecular complexity index is 411. The molecule has 0 fully saturated rings. The highest BCUT2D eigenvalue weighted by Gasteiger charge is 2.04. The van der Waals surface area contributed by atoms with Gasteiger partial charge in [-0.25, -0.2) is 9.97 Å². The first-order chi connectivity index (χ1) is 7.25. The molecular weight excluding hydrogens is 212 g/mol. The normalized spacial score (nSPS) is 12.7. The van der Waals surface area contributed by atoms with E-state index in [2.05, 4.69) is 9.97 Å². The summed E-state index contributed by atoms with van der Waals surface area (Å²) in [5, 5.41) is 10.6. The largest absolute Gasteiger partial charge is 0.440 e. The van der Waals surface area contributed by atoms with Crippen LogP contribution in [0.15, 0.2) is 45.5 Å². The number of hydrogen-bond donors (Lipinski definition) is 1. The molecule has 2 aromatic heterocycles. The molecule has 0 aliphatic carbocycles. The van der Waals surface area contributed by atoms with Crippen molar-refractivity contribution >= 4 is 11.8 Å². The molecule has 1 N–H and O–H groups in total. The fourth-order valence-electron chi connectivity index (χ4n) is 1.05. The molecule has 5 heteroatoms. The van der Waals surface area contributed by atoms with Crippen LogP contribution < -0.4 is 0 Å². The number of hydrogen-bond acceptors (Lipinski definition) is 5. The first kappa shape index (κ1) is 10.2. The van der Waals surface area contributed by atoms with Crippen LogP contribution in [-0.2, 0) is 0 Å². The van der Waals surface area contributed by atoms with Crippen molar-refractivity contribution in [2.45, 2.75) is 23.3 Å². The number of rotatable bonds is 3. The van der Waals surface area contributed by atoms with Crippen LogP contribution in [0.25, 0.3) is 0 Å². The van der Waals surface area contributed by atoms with Gasteiger partial charge in [0.2, 0.25) is 0 Å². The molecule has 2 aromatic rings. The topological polar surface area (TPSA) is 59.2 Å². The smallest absolute Gasteiger partial charge is 0.261 e. The fraction of sp³-hybridized carbons (Fsp3) is 0.200. The zero-order valence-electron chi connectivity index (χ0n) is 8.12. The number of nitrogens with zero attached hydrogens (tertiary/aromatic N) is 2. The molecule has 0 aliphatic rings. The lowest BCUT2D eigenvalue weighted by Gasteiger charge is -2.03. The molecule has 0 aromatic carbocycles. The molecule has 2 rings (SSSR count). The quantitative estimate of drug-likeness (QED) is 0.863.